The fourth-order valence-electron chi connectivity index (χ4n) is 2.06. The fraction of sp³-hybridized carbons (Fsp3) is 0.500. The van der Waals surface area contributed by atoms with E-state index in [1.54, 1.807) is 4.90 Å². The lowest BCUT2D eigenvalue weighted by atomic mass is 10.2. The average Bonchev–Trinajstić information content (AvgIpc) is 3.17. The molecular formula is C16H22N2O3. The molecule has 0 unspecified atom stereocenters. The molecule has 0 radical (unpaired) electrons. The SMILES string of the molecule is O=C(OCc1ccccc1)N1CCCC1.O=CNC1CC1. The van der Waals surface area contributed by atoms with Crippen LogP contribution in [0.4, 0.5) is 4.79 Å². The van der Waals surface area contributed by atoms with Crippen LogP contribution in [-0.4, -0.2) is 36.5 Å². The lowest BCUT2D eigenvalue weighted by Gasteiger charge is -2.14. The highest BCUT2D eigenvalue weighted by Gasteiger charge is 2.19. The molecular weight excluding hydrogens is 268 g/mol. The van der Waals surface area contributed by atoms with Crippen molar-refractivity contribution in [1.29, 1.82) is 0 Å². The maximum absolute atomic E-state index is 11.5. The Morgan fingerprint density at radius 1 is 1.24 bits per heavy atom. The Bertz CT molecular complexity index is 440. The van der Waals surface area contributed by atoms with Crippen LogP contribution >= 0.6 is 0 Å². The van der Waals surface area contributed by atoms with Crippen molar-refractivity contribution in [2.75, 3.05) is 13.1 Å². The molecule has 1 aliphatic heterocycles. The van der Waals surface area contributed by atoms with Gasteiger partial charge in [0.1, 0.15) is 6.61 Å². The second kappa shape index (κ2) is 8.29. The number of rotatable bonds is 4. The van der Waals surface area contributed by atoms with Crippen LogP contribution in [0.5, 0.6) is 0 Å². The van der Waals surface area contributed by atoms with Gasteiger partial charge in [0, 0.05) is 19.1 Å². The van der Waals surface area contributed by atoms with Gasteiger partial charge in [-0.2, -0.15) is 0 Å². The van der Waals surface area contributed by atoms with Crippen LogP contribution in [0.15, 0.2) is 30.3 Å². The molecule has 114 valence electrons. The third-order valence-electron chi connectivity index (χ3n) is 3.45. The summed E-state index contributed by atoms with van der Waals surface area (Å²) in [5.41, 5.74) is 1.03. The molecule has 1 aromatic carbocycles. The van der Waals surface area contributed by atoms with Crippen LogP contribution in [0.3, 0.4) is 0 Å². The summed E-state index contributed by atoms with van der Waals surface area (Å²) in [5.74, 6) is 0. The lowest BCUT2D eigenvalue weighted by Crippen LogP contribution is -2.28. The number of nitrogens with zero attached hydrogens (tertiary/aromatic N) is 1. The standard InChI is InChI=1S/C12H15NO2.C4H7NO/c14-12(13-8-4-5-9-13)15-10-11-6-2-1-3-7-11;6-3-5-4-1-2-4/h1-3,6-7H,4-5,8-10H2;3-4H,1-2H2,(H,5,6). The number of carbonyl (C=O) groups is 2. The third-order valence-corrected chi connectivity index (χ3v) is 3.45. The van der Waals surface area contributed by atoms with E-state index in [4.69, 9.17) is 4.74 Å². The number of ether oxygens (including phenoxy) is 1. The molecule has 3 rings (SSSR count). The molecule has 0 atom stereocenters. The van der Waals surface area contributed by atoms with E-state index < -0.39 is 0 Å². The first-order valence-corrected chi connectivity index (χ1v) is 7.45. The zero-order valence-electron chi connectivity index (χ0n) is 12.2. The van der Waals surface area contributed by atoms with E-state index in [-0.39, 0.29) is 6.09 Å². The summed E-state index contributed by atoms with van der Waals surface area (Å²) in [6.45, 7) is 2.05. The molecule has 1 N–H and O–H groups in total. The topological polar surface area (TPSA) is 58.6 Å². The number of carbonyl (C=O) groups excluding carboxylic acids is 2. The summed E-state index contributed by atoms with van der Waals surface area (Å²) in [5, 5.41) is 2.64. The Morgan fingerprint density at radius 2 is 1.90 bits per heavy atom. The monoisotopic (exact) mass is 290 g/mol. The minimum Gasteiger partial charge on any atom is -0.445 e. The van der Waals surface area contributed by atoms with Crippen LogP contribution in [0.1, 0.15) is 31.2 Å². The third kappa shape index (κ3) is 5.85. The second-order valence-electron chi connectivity index (χ2n) is 5.29. The first kappa shape index (κ1) is 15.4. The Morgan fingerprint density at radius 3 is 2.43 bits per heavy atom. The molecule has 5 heteroatoms. The molecule has 0 aromatic heterocycles. The van der Waals surface area contributed by atoms with E-state index in [0.717, 1.165) is 37.9 Å². The highest BCUT2D eigenvalue weighted by molar-refractivity contribution is 5.67. The second-order valence-corrected chi connectivity index (χ2v) is 5.29. The molecule has 2 aliphatic rings. The van der Waals surface area contributed by atoms with Crippen LogP contribution in [-0.2, 0) is 16.1 Å². The first-order valence-electron chi connectivity index (χ1n) is 7.45. The maximum atomic E-state index is 11.5. The molecule has 5 nitrogen and oxygen atoms in total. The summed E-state index contributed by atoms with van der Waals surface area (Å²) in [6.07, 6.45) is 5.13. The van der Waals surface area contributed by atoms with Gasteiger partial charge in [-0.15, -0.1) is 0 Å². The number of nitrogens with one attached hydrogen (secondary N) is 1. The van der Waals surface area contributed by atoms with Gasteiger partial charge in [-0.05, 0) is 31.2 Å². The molecule has 1 heterocycles. The predicted molar refractivity (Wildman–Crippen MR) is 79.7 cm³/mol. The number of hydrogen-bond acceptors (Lipinski definition) is 3. The fourth-order valence-corrected chi connectivity index (χ4v) is 2.06. The summed E-state index contributed by atoms with van der Waals surface area (Å²) in [7, 11) is 0. The lowest BCUT2D eigenvalue weighted by molar-refractivity contribution is -0.109. The van der Waals surface area contributed by atoms with Crippen LogP contribution in [0.25, 0.3) is 0 Å². The van der Waals surface area contributed by atoms with Gasteiger partial charge in [-0.25, -0.2) is 4.79 Å². The minimum atomic E-state index is -0.184. The molecule has 2 fully saturated rings. The van der Waals surface area contributed by atoms with Crippen LogP contribution in [0, 0.1) is 0 Å². The Balaban J connectivity index is 0.000000225. The van der Waals surface area contributed by atoms with Gasteiger partial charge in [0.15, 0.2) is 0 Å². The van der Waals surface area contributed by atoms with E-state index in [2.05, 4.69) is 5.32 Å². The van der Waals surface area contributed by atoms with Gasteiger partial charge in [0.2, 0.25) is 6.41 Å². The average molecular weight is 290 g/mol. The van der Waals surface area contributed by atoms with Crippen molar-refractivity contribution in [3.05, 3.63) is 35.9 Å². The van der Waals surface area contributed by atoms with E-state index in [1.165, 1.54) is 12.8 Å². The van der Waals surface area contributed by atoms with Gasteiger partial charge in [0.25, 0.3) is 0 Å². The van der Waals surface area contributed by atoms with Crippen molar-refractivity contribution in [2.24, 2.45) is 0 Å². The van der Waals surface area contributed by atoms with Crippen molar-refractivity contribution >= 4 is 12.5 Å². The zero-order chi connectivity index (χ0) is 14.9. The quantitative estimate of drug-likeness (QED) is 0.866. The summed E-state index contributed by atoms with van der Waals surface area (Å²) in [6, 6.07) is 10.3. The summed E-state index contributed by atoms with van der Waals surface area (Å²) in [4.78, 5) is 22.8. The molecule has 21 heavy (non-hydrogen) atoms. The van der Waals surface area contributed by atoms with Gasteiger partial charge >= 0.3 is 6.09 Å². The first-order chi connectivity index (χ1) is 10.3. The zero-order valence-corrected chi connectivity index (χ0v) is 12.2. The largest absolute Gasteiger partial charge is 0.445 e. The van der Waals surface area contributed by atoms with Crippen molar-refractivity contribution in [3.63, 3.8) is 0 Å². The van der Waals surface area contributed by atoms with E-state index in [1.807, 2.05) is 30.3 Å². The van der Waals surface area contributed by atoms with E-state index in [9.17, 15) is 9.59 Å². The van der Waals surface area contributed by atoms with Crippen LogP contribution < -0.4 is 5.32 Å². The number of benzene rings is 1. The van der Waals surface area contributed by atoms with Crippen molar-refractivity contribution in [3.8, 4) is 0 Å². The molecule has 1 saturated heterocycles. The van der Waals surface area contributed by atoms with Crippen molar-refractivity contribution in [1.82, 2.24) is 10.2 Å². The normalized spacial score (nSPS) is 16.7. The number of hydrogen-bond donors (Lipinski definition) is 1. The molecule has 1 saturated carbocycles. The number of amides is 2. The smallest absolute Gasteiger partial charge is 0.410 e. The molecule has 2 amide bonds. The van der Waals surface area contributed by atoms with E-state index in [0.29, 0.717) is 12.6 Å². The molecule has 0 spiro atoms. The Kier molecular flexibility index (Phi) is 6.06. The summed E-state index contributed by atoms with van der Waals surface area (Å²) >= 11 is 0. The highest BCUT2D eigenvalue weighted by atomic mass is 16.6. The molecule has 1 aromatic rings. The molecule has 0 bridgehead atoms. The number of likely N-dealkylation sites (tertiary alicyclic amines) is 1. The highest BCUT2D eigenvalue weighted by Crippen LogP contribution is 2.17. The molecule has 1 aliphatic carbocycles. The van der Waals surface area contributed by atoms with Gasteiger partial charge in [0.05, 0.1) is 0 Å². The minimum absolute atomic E-state index is 0.184. The summed E-state index contributed by atoms with van der Waals surface area (Å²) < 4.78 is 5.20. The van der Waals surface area contributed by atoms with Gasteiger partial charge in [-0.1, -0.05) is 30.3 Å². The van der Waals surface area contributed by atoms with E-state index >= 15 is 0 Å². The van der Waals surface area contributed by atoms with Crippen molar-refractivity contribution in [2.45, 2.75) is 38.3 Å². The Labute approximate surface area is 125 Å². The predicted octanol–water partition coefficient (Wildman–Crippen LogP) is 2.31. The Hall–Kier alpha value is -2.04. The maximum Gasteiger partial charge on any atom is 0.410 e. The van der Waals surface area contributed by atoms with Crippen LogP contribution in [0.2, 0.25) is 0 Å². The van der Waals surface area contributed by atoms with Crippen molar-refractivity contribution < 1.29 is 14.3 Å². The van der Waals surface area contributed by atoms with Gasteiger partial charge in [-0.3, -0.25) is 4.79 Å². The van der Waals surface area contributed by atoms with Gasteiger partial charge < -0.3 is 15.0 Å².